The molecule has 0 bridgehead atoms. The van der Waals surface area contributed by atoms with Gasteiger partial charge in [-0.15, -0.1) is 0 Å². The fourth-order valence-corrected chi connectivity index (χ4v) is 3.19. The van der Waals surface area contributed by atoms with Gasteiger partial charge in [0.15, 0.2) is 5.82 Å². The summed E-state index contributed by atoms with van der Waals surface area (Å²) in [4.78, 5) is 6.39. The summed E-state index contributed by atoms with van der Waals surface area (Å²) in [6, 6.07) is -0.0411. The molecule has 108 valence electrons. The Morgan fingerprint density at radius 3 is 2.84 bits per heavy atom. The highest BCUT2D eigenvalue weighted by atomic mass is 32.2. The predicted molar refractivity (Wildman–Crippen MR) is 70.0 cm³/mol. The molecule has 1 aromatic rings. The minimum atomic E-state index is -3.16. The summed E-state index contributed by atoms with van der Waals surface area (Å²) in [6.07, 6.45) is 3.00. The topological polar surface area (TPSA) is 88.3 Å². The third-order valence-corrected chi connectivity index (χ3v) is 4.04. The van der Waals surface area contributed by atoms with E-state index in [9.17, 15) is 8.42 Å². The fourth-order valence-electron chi connectivity index (χ4n) is 2.40. The van der Waals surface area contributed by atoms with E-state index >= 15 is 0 Å². The number of aryl methyl sites for hydroxylation is 1. The van der Waals surface area contributed by atoms with Crippen molar-refractivity contribution in [2.75, 3.05) is 19.3 Å². The van der Waals surface area contributed by atoms with Gasteiger partial charge in [0.2, 0.25) is 15.9 Å². The molecule has 1 aliphatic rings. The highest BCUT2D eigenvalue weighted by molar-refractivity contribution is 7.88. The standard InChI is InChI=1S/C11H20N4O3S/c1-8(11-12-9(2)13-18-11)15-6-4-5-10(7-15)14-19(3,16)17/h8,10,14H,4-7H2,1-3H3/t8-,10-/m1/s1. The number of nitrogens with zero attached hydrogens (tertiary/aromatic N) is 3. The number of hydrogen-bond acceptors (Lipinski definition) is 6. The van der Waals surface area contributed by atoms with E-state index in [1.165, 1.54) is 6.26 Å². The van der Waals surface area contributed by atoms with Crippen LogP contribution in [-0.2, 0) is 10.0 Å². The maximum atomic E-state index is 11.3. The average molecular weight is 288 g/mol. The van der Waals surface area contributed by atoms with Crippen LogP contribution in [0.3, 0.4) is 0 Å². The number of nitrogens with one attached hydrogen (secondary N) is 1. The van der Waals surface area contributed by atoms with E-state index in [4.69, 9.17) is 4.52 Å². The molecule has 0 saturated carbocycles. The monoisotopic (exact) mass is 288 g/mol. The largest absolute Gasteiger partial charge is 0.338 e. The van der Waals surface area contributed by atoms with Crippen LogP contribution in [-0.4, -0.2) is 48.8 Å². The molecule has 2 atom stereocenters. The van der Waals surface area contributed by atoms with E-state index in [1.807, 2.05) is 6.92 Å². The molecule has 2 heterocycles. The van der Waals surface area contributed by atoms with Crippen LogP contribution in [0.25, 0.3) is 0 Å². The Bertz CT molecular complexity index is 528. The SMILES string of the molecule is Cc1noc([C@@H](C)N2CCC[C@@H](NS(C)(=O)=O)C2)n1. The van der Waals surface area contributed by atoms with Crippen molar-refractivity contribution in [2.45, 2.75) is 38.8 Å². The molecule has 1 saturated heterocycles. The van der Waals surface area contributed by atoms with Crippen LogP contribution in [0.2, 0.25) is 0 Å². The lowest BCUT2D eigenvalue weighted by molar-refractivity contribution is 0.130. The Morgan fingerprint density at radius 1 is 1.53 bits per heavy atom. The van der Waals surface area contributed by atoms with Crippen molar-refractivity contribution in [3.63, 3.8) is 0 Å². The predicted octanol–water partition coefficient (Wildman–Crippen LogP) is 0.453. The van der Waals surface area contributed by atoms with Crippen molar-refractivity contribution in [2.24, 2.45) is 0 Å². The van der Waals surface area contributed by atoms with Crippen molar-refractivity contribution in [3.8, 4) is 0 Å². The molecule has 1 fully saturated rings. The van der Waals surface area contributed by atoms with Gasteiger partial charge in [0.05, 0.1) is 12.3 Å². The van der Waals surface area contributed by atoms with E-state index in [0.717, 1.165) is 19.4 Å². The summed E-state index contributed by atoms with van der Waals surface area (Å²) >= 11 is 0. The van der Waals surface area contributed by atoms with E-state index in [1.54, 1.807) is 6.92 Å². The molecule has 0 unspecified atom stereocenters. The second-order valence-electron chi connectivity index (χ2n) is 5.08. The highest BCUT2D eigenvalue weighted by Crippen LogP contribution is 2.23. The second-order valence-corrected chi connectivity index (χ2v) is 6.86. The van der Waals surface area contributed by atoms with Gasteiger partial charge in [0.1, 0.15) is 0 Å². The quantitative estimate of drug-likeness (QED) is 0.865. The Labute approximate surface area is 113 Å². The van der Waals surface area contributed by atoms with Gasteiger partial charge in [0, 0.05) is 12.6 Å². The van der Waals surface area contributed by atoms with Crippen LogP contribution in [0.5, 0.6) is 0 Å². The van der Waals surface area contributed by atoms with Gasteiger partial charge in [-0.1, -0.05) is 5.16 Å². The van der Waals surface area contributed by atoms with Gasteiger partial charge >= 0.3 is 0 Å². The molecule has 2 rings (SSSR count). The van der Waals surface area contributed by atoms with Crippen LogP contribution >= 0.6 is 0 Å². The Kier molecular flexibility index (Phi) is 4.22. The normalized spacial score (nSPS) is 23.4. The molecule has 1 N–H and O–H groups in total. The molecule has 0 aromatic carbocycles. The molecule has 0 aliphatic carbocycles. The maximum absolute atomic E-state index is 11.3. The van der Waals surface area contributed by atoms with Crippen LogP contribution < -0.4 is 4.72 Å². The summed E-state index contributed by atoms with van der Waals surface area (Å²) in [5.41, 5.74) is 0. The summed E-state index contributed by atoms with van der Waals surface area (Å²) in [5, 5.41) is 3.79. The molecule has 0 radical (unpaired) electrons. The Hall–Kier alpha value is -0.990. The smallest absolute Gasteiger partial charge is 0.243 e. The molecule has 0 spiro atoms. The van der Waals surface area contributed by atoms with E-state index in [-0.39, 0.29) is 12.1 Å². The van der Waals surface area contributed by atoms with Crippen molar-refractivity contribution in [1.82, 2.24) is 19.8 Å². The summed E-state index contributed by atoms with van der Waals surface area (Å²) in [7, 11) is -3.16. The molecular weight excluding hydrogens is 268 g/mol. The van der Waals surface area contributed by atoms with E-state index in [0.29, 0.717) is 18.3 Å². The van der Waals surface area contributed by atoms with Gasteiger partial charge in [-0.2, -0.15) is 4.98 Å². The van der Waals surface area contributed by atoms with Crippen molar-refractivity contribution in [3.05, 3.63) is 11.7 Å². The first-order valence-electron chi connectivity index (χ1n) is 6.37. The van der Waals surface area contributed by atoms with Gasteiger partial charge in [-0.25, -0.2) is 13.1 Å². The third-order valence-electron chi connectivity index (χ3n) is 3.28. The van der Waals surface area contributed by atoms with E-state index < -0.39 is 10.0 Å². The molecule has 8 heteroatoms. The minimum Gasteiger partial charge on any atom is -0.338 e. The van der Waals surface area contributed by atoms with E-state index in [2.05, 4.69) is 19.8 Å². The maximum Gasteiger partial charge on any atom is 0.243 e. The number of aromatic nitrogens is 2. The van der Waals surface area contributed by atoms with Crippen LogP contribution in [0.15, 0.2) is 4.52 Å². The van der Waals surface area contributed by atoms with Crippen molar-refractivity contribution in [1.29, 1.82) is 0 Å². The molecule has 1 aromatic heterocycles. The van der Waals surface area contributed by atoms with Gasteiger partial charge in [-0.3, -0.25) is 4.90 Å². The summed E-state index contributed by atoms with van der Waals surface area (Å²) in [5.74, 6) is 1.20. The molecular formula is C11H20N4O3S. The van der Waals surface area contributed by atoms with Crippen molar-refractivity contribution >= 4 is 10.0 Å². The van der Waals surface area contributed by atoms with Gasteiger partial charge in [0.25, 0.3) is 0 Å². The number of sulfonamides is 1. The molecule has 19 heavy (non-hydrogen) atoms. The minimum absolute atomic E-state index is 0.00496. The number of piperidine rings is 1. The first-order chi connectivity index (χ1) is 8.85. The lowest BCUT2D eigenvalue weighted by Crippen LogP contribution is -2.48. The lowest BCUT2D eigenvalue weighted by atomic mass is 10.0. The summed E-state index contributed by atoms with van der Waals surface area (Å²) < 4.78 is 30.4. The second kappa shape index (κ2) is 5.56. The zero-order chi connectivity index (χ0) is 14.0. The molecule has 1 aliphatic heterocycles. The molecule has 0 amide bonds. The first kappa shape index (κ1) is 14.4. The third kappa shape index (κ3) is 3.99. The van der Waals surface area contributed by atoms with Crippen LogP contribution in [0.1, 0.15) is 37.5 Å². The zero-order valence-electron chi connectivity index (χ0n) is 11.5. The van der Waals surface area contributed by atoms with Crippen LogP contribution in [0.4, 0.5) is 0 Å². The van der Waals surface area contributed by atoms with Crippen molar-refractivity contribution < 1.29 is 12.9 Å². The zero-order valence-corrected chi connectivity index (χ0v) is 12.3. The average Bonchev–Trinajstić information content (AvgIpc) is 2.73. The fraction of sp³-hybridized carbons (Fsp3) is 0.818. The Morgan fingerprint density at radius 2 is 2.26 bits per heavy atom. The number of likely N-dealkylation sites (tertiary alicyclic amines) is 1. The van der Waals surface area contributed by atoms with Gasteiger partial charge in [-0.05, 0) is 33.2 Å². The Balaban J connectivity index is 2.01. The van der Waals surface area contributed by atoms with Gasteiger partial charge < -0.3 is 4.52 Å². The number of hydrogen-bond donors (Lipinski definition) is 1. The summed E-state index contributed by atoms with van der Waals surface area (Å²) in [6.45, 7) is 5.35. The first-order valence-corrected chi connectivity index (χ1v) is 8.26. The highest BCUT2D eigenvalue weighted by Gasteiger charge is 2.28. The lowest BCUT2D eigenvalue weighted by Gasteiger charge is -2.35. The molecule has 7 nitrogen and oxygen atoms in total. The van der Waals surface area contributed by atoms with Crippen LogP contribution in [0, 0.1) is 6.92 Å². The number of rotatable bonds is 4.